The van der Waals surface area contributed by atoms with Gasteiger partial charge in [-0.2, -0.15) is 11.8 Å². The van der Waals surface area contributed by atoms with E-state index in [1.165, 1.54) is 6.07 Å². The smallest absolute Gasteiger partial charge is 0.123 e. The highest BCUT2D eigenvalue weighted by molar-refractivity contribution is 7.98. The van der Waals surface area contributed by atoms with Gasteiger partial charge < -0.3 is 5.32 Å². The maximum atomic E-state index is 13.3. The van der Waals surface area contributed by atoms with Crippen molar-refractivity contribution in [2.45, 2.75) is 26.3 Å². The molecule has 17 heavy (non-hydrogen) atoms. The normalized spacial score (nSPS) is 14.6. The van der Waals surface area contributed by atoms with Crippen molar-refractivity contribution < 1.29 is 4.39 Å². The Kier molecular flexibility index (Phi) is 6.60. The summed E-state index contributed by atoms with van der Waals surface area (Å²) >= 11 is 1.84. The number of rotatable bonds is 7. The molecule has 0 aliphatic carbocycles. The van der Waals surface area contributed by atoms with Crippen molar-refractivity contribution in [2.75, 3.05) is 18.6 Å². The van der Waals surface area contributed by atoms with E-state index >= 15 is 0 Å². The Balaban J connectivity index is 2.81. The van der Waals surface area contributed by atoms with Gasteiger partial charge in [-0.25, -0.2) is 4.39 Å². The van der Waals surface area contributed by atoms with Crippen molar-refractivity contribution in [1.82, 2.24) is 5.32 Å². The lowest BCUT2D eigenvalue weighted by molar-refractivity contribution is 0.416. The molecule has 0 heterocycles. The van der Waals surface area contributed by atoms with Gasteiger partial charge >= 0.3 is 0 Å². The molecule has 3 heteroatoms. The van der Waals surface area contributed by atoms with Crippen molar-refractivity contribution in [3.8, 4) is 0 Å². The van der Waals surface area contributed by atoms with Crippen LogP contribution in [0.1, 0.15) is 31.9 Å². The zero-order valence-electron chi connectivity index (χ0n) is 10.9. The lowest BCUT2D eigenvalue weighted by atomic mass is 9.95. The Bertz CT molecular complexity index is 330. The van der Waals surface area contributed by atoms with Gasteiger partial charge in [-0.3, -0.25) is 0 Å². The van der Waals surface area contributed by atoms with E-state index in [1.54, 1.807) is 12.1 Å². The molecule has 0 saturated carbocycles. The molecule has 0 bridgehead atoms. The highest BCUT2D eigenvalue weighted by Gasteiger charge is 2.18. The molecule has 1 aromatic rings. The molecule has 0 radical (unpaired) electrons. The molecular weight excluding hydrogens is 233 g/mol. The largest absolute Gasteiger partial charge is 0.310 e. The number of hydrogen-bond donors (Lipinski definition) is 1. The van der Waals surface area contributed by atoms with E-state index in [4.69, 9.17) is 0 Å². The summed E-state index contributed by atoms with van der Waals surface area (Å²) in [7, 11) is 0. The standard InChI is InChI=1S/C14H22FNS/c1-4-8-16-14(11(2)10-17-3)12-6-5-7-13(15)9-12/h5-7,9,11,14,16H,4,8,10H2,1-3H3. The summed E-state index contributed by atoms with van der Waals surface area (Å²) in [5, 5.41) is 3.52. The predicted octanol–water partition coefficient (Wildman–Crippen LogP) is 3.87. The molecule has 1 aromatic carbocycles. The molecule has 0 aliphatic rings. The minimum Gasteiger partial charge on any atom is -0.310 e. The van der Waals surface area contributed by atoms with Crippen LogP contribution >= 0.6 is 11.8 Å². The zero-order valence-corrected chi connectivity index (χ0v) is 11.7. The van der Waals surface area contributed by atoms with Gasteiger partial charge in [-0.15, -0.1) is 0 Å². The van der Waals surface area contributed by atoms with Gasteiger partial charge in [0.15, 0.2) is 0 Å². The van der Waals surface area contributed by atoms with Crippen molar-refractivity contribution in [3.05, 3.63) is 35.6 Å². The SMILES string of the molecule is CCCNC(c1cccc(F)c1)C(C)CSC. The van der Waals surface area contributed by atoms with Crippen LogP contribution in [0, 0.1) is 11.7 Å². The summed E-state index contributed by atoms with van der Waals surface area (Å²) in [6.07, 6.45) is 3.21. The first kappa shape index (κ1) is 14.5. The minimum absolute atomic E-state index is 0.151. The summed E-state index contributed by atoms with van der Waals surface area (Å²) in [5.74, 6) is 1.43. The molecule has 0 spiro atoms. The van der Waals surface area contributed by atoms with E-state index in [-0.39, 0.29) is 11.9 Å². The predicted molar refractivity (Wildman–Crippen MR) is 75.0 cm³/mol. The van der Waals surface area contributed by atoms with Crippen LogP contribution in [-0.4, -0.2) is 18.6 Å². The molecule has 0 saturated heterocycles. The molecule has 1 rings (SSSR count). The average Bonchev–Trinajstić information content (AvgIpc) is 2.30. The van der Waals surface area contributed by atoms with Crippen molar-refractivity contribution in [2.24, 2.45) is 5.92 Å². The fraction of sp³-hybridized carbons (Fsp3) is 0.571. The lowest BCUT2D eigenvalue weighted by Gasteiger charge is -2.25. The molecule has 0 aliphatic heterocycles. The third-order valence-electron chi connectivity index (χ3n) is 2.82. The van der Waals surface area contributed by atoms with Crippen LogP contribution < -0.4 is 5.32 Å². The highest BCUT2D eigenvalue weighted by Crippen LogP contribution is 2.25. The summed E-state index contributed by atoms with van der Waals surface area (Å²) < 4.78 is 13.3. The van der Waals surface area contributed by atoms with Crippen molar-refractivity contribution >= 4 is 11.8 Å². The van der Waals surface area contributed by atoms with Crippen molar-refractivity contribution in [3.63, 3.8) is 0 Å². The fourth-order valence-electron chi connectivity index (χ4n) is 2.01. The lowest BCUT2D eigenvalue weighted by Crippen LogP contribution is -2.29. The van der Waals surface area contributed by atoms with E-state index in [0.29, 0.717) is 5.92 Å². The van der Waals surface area contributed by atoms with Gasteiger partial charge in [0.25, 0.3) is 0 Å². The molecule has 96 valence electrons. The van der Waals surface area contributed by atoms with E-state index in [2.05, 4.69) is 25.4 Å². The third-order valence-corrected chi connectivity index (χ3v) is 3.68. The molecule has 1 nitrogen and oxygen atoms in total. The van der Waals surface area contributed by atoms with Crippen LogP contribution in [0.3, 0.4) is 0 Å². The summed E-state index contributed by atoms with van der Waals surface area (Å²) in [4.78, 5) is 0. The molecule has 2 atom stereocenters. The van der Waals surface area contributed by atoms with Crippen molar-refractivity contribution in [1.29, 1.82) is 0 Å². The van der Waals surface area contributed by atoms with E-state index in [1.807, 2.05) is 17.8 Å². The first-order valence-electron chi connectivity index (χ1n) is 6.16. The zero-order chi connectivity index (χ0) is 12.7. The van der Waals surface area contributed by atoms with Gasteiger partial charge in [0.2, 0.25) is 0 Å². The Morgan fingerprint density at radius 2 is 2.18 bits per heavy atom. The van der Waals surface area contributed by atoms with Crippen LogP contribution in [-0.2, 0) is 0 Å². The van der Waals surface area contributed by atoms with E-state index < -0.39 is 0 Å². The van der Waals surface area contributed by atoms with Crippen LogP contribution in [0.4, 0.5) is 4.39 Å². The van der Waals surface area contributed by atoms with Crippen LogP contribution in [0.2, 0.25) is 0 Å². The van der Waals surface area contributed by atoms with E-state index in [0.717, 1.165) is 24.3 Å². The number of halogens is 1. The molecule has 0 aromatic heterocycles. The summed E-state index contributed by atoms with van der Waals surface area (Å²) in [6, 6.07) is 7.19. The van der Waals surface area contributed by atoms with Crippen LogP contribution in [0.5, 0.6) is 0 Å². The number of nitrogens with one attached hydrogen (secondary N) is 1. The van der Waals surface area contributed by atoms with E-state index in [9.17, 15) is 4.39 Å². The number of hydrogen-bond acceptors (Lipinski definition) is 2. The molecule has 1 N–H and O–H groups in total. The summed E-state index contributed by atoms with van der Waals surface area (Å²) in [6.45, 7) is 5.34. The van der Waals surface area contributed by atoms with Crippen LogP contribution in [0.25, 0.3) is 0 Å². The maximum absolute atomic E-state index is 13.3. The van der Waals surface area contributed by atoms with Gasteiger partial charge in [-0.05, 0) is 48.6 Å². The molecular formula is C14H22FNS. The number of thioether (sulfide) groups is 1. The highest BCUT2D eigenvalue weighted by atomic mass is 32.2. The molecule has 0 amide bonds. The second-order valence-corrected chi connectivity index (χ2v) is 5.33. The van der Waals surface area contributed by atoms with Gasteiger partial charge in [-0.1, -0.05) is 26.0 Å². The average molecular weight is 255 g/mol. The first-order chi connectivity index (χ1) is 8.19. The number of benzene rings is 1. The topological polar surface area (TPSA) is 12.0 Å². The van der Waals surface area contributed by atoms with Gasteiger partial charge in [0, 0.05) is 6.04 Å². The second kappa shape index (κ2) is 7.72. The monoisotopic (exact) mass is 255 g/mol. The third kappa shape index (κ3) is 4.68. The van der Waals surface area contributed by atoms with Gasteiger partial charge in [0.05, 0.1) is 0 Å². The van der Waals surface area contributed by atoms with Crippen LogP contribution in [0.15, 0.2) is 24.3 Å². The summed E-state index contributed by atoms with van der Waals surface area (Å²) in [5.41, 5.74) is 1.06. The first-order valence-corrected chi connectivity index (χ1v) is 7.56. The second-order valence-electron chi connectivity index (χ2n) is 4.42. The van der Waals surface area contributed by atoms with Gasteiger partial charge in [0.1, 0.15) is 5.82 Å². The Hall–Kier alpha value is -0.540. The Labute approximate surface area is 108 Å². The Morgan fingerprint density at radius 1 is 1.41 bits per heavy atom. The molecule has 2 unspecified atom stereocenters. The molecule has 0 fully saturated rings. The minimum atomic E-state index is -0.151. The maximum Gasteiger partial charge on any atom is 0.123 e. The Morgan fingerprint density at radius 3 is 2.76 bits per heavy atom. The quantitative estimate of drug-likeness (QED) is 0.794. The fourth-order valence-corrected chi connectivity index (χ4v) is 2.72.